The zero-order valence-electron chi connectivity index (χ0n) is 17.0. The van der Waals surface area contributed by atoms with Crippen molar-refractivity contribution in [3.05, 3.63) is 90.8 Å². The molecule has 2 heterocycles. The summed E-state index contributed by atoms with van der Waals surface area (Å²) in [6, 6.07) is 26.6. The van der Waals surface area contributed by atoms with Crippen LogP contribution in [-0.4, -0.2) is 15.9 Å². The molecule has 0 bridgehead atoms. The van der Waals surface area contributed by atoms with E-state index in [2.05, 4.69) is 66.7 Å². The van der Waals surface area contributed by atoms with Crippen LogP contribution in [0.5, 0.6) is 0 Å². The maximum Gasteiger partial charge on any atom is 0.155 e. The Labute approximate surface area is 198 Å². The average Bonchev–Trinajstić information content (AvgIpc) is 3.12. The van der Waals surface area contributed by atoms with Gasteiger partial charge < -0.3 is 10.1 Å². The largest absolute Gasteiger partial charge is 0.512 e. The summed E-state index contributed by atoms with van der Waals surface area (Å²) >= 11 is 1.81. The Kier molecular flexibility index (Phi) is 7.34. The molecule has 0 amide bonds. The molecule has 1 N–H and O–H groups in total. The summed E-state index contributed by atoms with van der Waals surface area (Å²) < 4.78 is 2.54. The number of allylic oxidation sites excluding steroid dienone is 2. The van der Waals surface area contributed by atoms with Crippen molar-refractivity contribution in [1.82, 2.24) is 4.98 Å². The van der Waals surface area contributed by atoms with Crippen LogP contribution in [0, 0.1) is 6.07 Å². The van der Waals surface area contributed by atoms with Crippen molar-refractivity contribution in [3.63, 3.8) is 0 Å². The molecule has 2 aromatic heterocycles. The van der Waals surface area contributed by atoms with E-state index in [1.807, 2.05) is 23.6 Å². The van der Waals surface area contributed by atoms with Crippen LogP contribution in [0.2, 0.25) is 0 Å². The normalized spacial score (nSPS) is 11.1. The number of aromatic nitrogens is 1. The van der Waals surface area contributed by atoms with Gasteiger partial charge >= 0.3 is 0 Å². The fourth-order valence-electron chi connectivity index (χ4n) is 3.48. The molecule has 5 heteroatoms. The van der Waals surface area contributed by atoms with E-state index in [-0.39, 0.29) is 31.6 Å². The minimum Gasteiger partial charge on any atom is -0.512 e. The fraction of sp³-hybridized carbons (Fsp3) is 0.0769. The van der Waals surface area contributed by atoms with Gasteiger partial charge in [-0.3, -0.25) is 4.79 Å². The standard InChI is InChI=1S/C21H12NS.C5H8O2.Ir/c1-2-8-15-14(6-1)7-5-10-17(15)20-21-18(12-13-22-20)16-9-3-4-11-19(16)23-21;1-4(6)3-5(2)7;/h1-9,11-13H;3,6H,1-2H3;/q-1;;/b;4-3-;. The van der Waals surface area contributed by atoms with Gasteiger partial charge in [0, 0.05) is 47.5 Å². The van der Waals surface area contributed by atoms with Gasteiger partial charge in [-0.15, -0.1) is 40.5 Å². The van der Waals surface area contributed by atoms with Crippen LogP contribution in [0.15, 0.2) is 84.8 Å². The number of fused-ring (bicyclic) bond motifs is 4. The number of pyridine rings is 1. The molecule has 0 atom stereocenters. The maximum atomic E-state index is 10.0. The second kappa shape index (κ2) is 9.97. The van der Waals surface area contributed by atoms with Crippen molar-refractivity contribution in [2.24, 2.45) is 0 Å². The second-order valence-electron chi connectivity index (χ2n) is 6.97. The van der Waals surface area contributed by atoms with E-state index in [1.54, 1.807) is 0 Å². The average molecular weight is 603 g/mol. The number of hydrogen-bond donors (Lipinski definition) is 1. The fourth-order valence-corrected chi connectivity index (χ4v) is 4.68. The summed E-state index contributed by atoms with van der Waals surface area (Å²) in [5, 5.41) is 13.4. The molecule has 157 valence electrons. The molecule has 0 aliphatic heterocycles. The van der Waals surface area contributed by atoms with Crippen LogP contribution in [0.4, 0.5) is 0 Å². The van der Waals surface area contributed by atoms with Crippen molar-refractivity contribution in [3.8, 4) is 11.3 Å². The van der Waals surface area contributed by atoms with Gasteiger partial charge in [-0.2, -0.15) is 0 Å². The Morgan fingerprint density at radius 2 is 1.68 bits per heavy atom. The van der Waals surface area contributed by atoms with E-state index in [9.17, 15) is 4.79 Å². The summed E-state index contributed by atoms with van der Waals surface area (Å²) in [5.74, 6) is -0.0625. The number of carbonyl (C=O) groups excluding carboxylic acids is 1. The number of carbonyl (C=O) groups is 1. The molecule has 0 unspecified atom stereocenters. The maximum absolute atomic E-state index is 10.0. The number of rotatable bonds is 2. The van der Waals surface area contributed by atoms with Crippen LogP contribution < -0.4 is 0 Å². The van der Waals surface area contributed by atoms with Gasteiger partial charge in [0.1, 0.15) is 0 Å². The molecule has 3 nitrogen and oxygen atoms in total. The monoisotopic (exact) mass is 603 g/mol. The van der Waals surface area contributed by atoms with E-state index in [0.29, 0.717) is 0 Å². The van der Waals surface area contributed by atoms with E-state index in [0.717, 1.165) is 11.3 Å². The summed E-state index contributed by atoms with van der Waals surface area (Å²) in [6.45, 7) is 2.85. The number of hydrogen-bond acceptors (Lipinski definition) is 4. The first-order valence-electron chi connectivity index (χ1n) is 9.58. The van der Waals surface area contributed by atoms with Gasteiger partial charge in [0.2, 0.25) is 0 Å². The third kappa shape index (κ3) is 4.91. The summed E-state index contributed by atoms with van der Waals surface area (Å²) in [5.41, 5.74) is 2.11. The SMILES string of the molecule is CC(=O)/C=C(/C)O.[Ir].[c-]1ccc2ccccc2c1-c1nccc2c1sc1ccccc12. The van der Waals surface area contributed by atoms with E-state index in [4.69, 9.17) is 10.1 Å². The number of aliphatic hydroxyl groups excluding tert-OH is 1. The molecule has 0 saturated heterocycles. The molecular weight excluding hydrogens is 583 g/mol. The topological polar surface area (TPSA) is 50.2 Å². The number of benzene rings is 3. The molecule has 0 aliphatic carbocycles. The van der Waals surface area contributed by atoms with Gasteiger partial charge in [-0.25, -0.2) is 0 Å². The Hall–Kier alpha value is -2.85. The minimum absolute atomic E-state index is 0. The van der Waals surface area contributed by atoms with Crippen molar-refractivity contribution >= 4 is 48.1 Å². The third-order valence-corrected chi connectivity index (χ3v) is 5.86. The number of thiophene rings is 1. The van der Waals surface area contributed by atoms with Gasteiger partial charge in [0.15, 0.2) is 5.78 Å². The summed E-state index contributed by atoms with van der Waals surface area (Å²) in [7, 11) is 0. The van der Waals surface area contributed by atoms with Crippen molar-refractivity contribution in [2.75, 3.05) is 0 Å². The van der Waals surface area contributed by atoms with E-state index >= 15 is 0 Å². The van der Waals surface area contributed by atoms with Gasteiger partial charge in [-0.1, -0.05) is 47.9 Å². The van der Waals surface area contributed by atoms with E-state index < -0.39 is 0 Å². The molecule has 0 aliphatic rings. The smallest absolute Gasteiger partial charge is 0.155 e. The van der Waals surface area contributed by atoms with Crippen LogP contribution >= 0.6 is 11.3 Å². The molecule has 5 rings (SSSR count). The number of aliphatic hydroxyl groups is 1. The number of nitrogens with zero attached hydrogens (tertiary/aromatic N) is 1. The summed E-state index contributed by atoms with van der Waals surface area (Å²) in [4.78, 5) is 14.7. The van der Waals surface area contributed by atoms with Crippen molar-refractivity contribution in [2.45, 2.75) is 13.8 Å². The molecular formula is C26H20IrNO2S-. The van der Waals surface area contributed by atoms with Crippen LogP contribution in [0.1, 0.15) is 13.8 Å². The van der Waals surface area contributed by atoms with Crippen molar-refractivity contribution in [1.29, 1.82) is 0 Å². The van der Waals surface area contributed by atoms with Crippen molar-refractivity contribution < 1.29 is 30.0 Å². The zero-order valence-corrected chi connectivity index (χ0v) is 20.3. The quantitative estimate of drug-likeness (QED) is 0.133. The molecule has 1 radical (unpaired) electrons. The predicted octanol–water partition coefficient (Wildman–Crippen LogP) is 7.10. The molecule has 0 spiro atoms. The second-order valence-corrected chi connectivity index (χ2v) is 8.02. The number of ketones is 1. The molecule has 0 fully saturated rings. The Morgan fingerprint density at radius 1 is 0.968 bits per heavy atom. The van der Waals surface area contributed by atoms with Crippen LogP contribution in [0.25, 0.3) is 42.2 Å². The Bertz CT molecular complexity index is 1400. The molecule has 31 heavy (non-hydrogen) atoms. The molecule has 3 aromatic carbocycles. The first-order chi connectivity index (χ1) is 14.5. The third-order valence-electron chi connectivity index (χ3n) is 4.66. The Balaban J connectivity index is 0.000000299. The first kappa shape index (κ1) is 22.8. The summed E-state index contributed by atoms with van der Waals surface area (Å²) in [6.07, 6.45) is 3.08. The first-order valence-corrected chi connectivity index (χ1v) is 10.4. The zero-order chi connectivity index (χ0) is 21.1. The van der Waals surface area contributed by atoms with E-state index in [1.165, 1.54) is 50.9 Å². The van der Waals surface area contributed by atoms with Gasteiger partial charge in [0.25, 0.3) is 0 Å². The van der Waals surface area contributed by atoms with Gasteiger partial charge in [0.05, 0.1) is 5.76 Å². The van der Waals surface area contributed by atoms with Gasteiger partial charge in [-0.05, 0) is 36.8 Å². The Morgan fingerprint density at radius 3 is 2.39 bits per heavy atom. The van der Waals surface area contributed by atoms with Crippen LogP contribution in [0.3, 0.4) is 0 Å². The minimum atomic E-state index is -0.125. The predicted molar refractivity (Wildman–Crippen MR) is 126 cm³/mol. The molecule has 5 aromatic rings. The van der Waals surface area contributed by atoms with Crippen LogP contribution in [-0.2, 0) is 24.9 Å². The molecule has 0 saturated carbocycles.